The van der Waals surface area contributed by atoms with Crippen LogP contribution >= 0.6 is 0 Å². The molecule has 1 aliphatic rings. The molecule has 6 nitrogen and oxygen atoms in total. The van der Waals surface area contributed by atoms with Gasteiger partial charge >= 0.3 is 0 Å². The van der Waals surface area contributed by atoms with Crippen molar-refractivity contribution in [3.63, 3.8) is 0 Å². The number of carbonyl (C=O) groups is 1. The van der Waals surface area contributed by atoms with Crippen molar-refractivity contribution in [3.8, 4) is 23.0 Å². The van der Waals surface area contributed by atoms with Crippen molar-refractivity contribution >= 4 is 11.6 Å². The summed E-state index contributed by atoms with van der Waals surface area (Å²) in [6, 6.07) is 11.1. The van der Waals surface area contributed by atoms with E-state index in [9.17, 15) is 4.79 Å². The van der Waals surface area contributed by atoms with E-state index in [-0.39, 0.29) is 12.0 Å². The first-order chi connectivity index (χ1) is 14.1. The van der Waals surface area contributed by atoms with E-state index < -0.39 is 0 Å². The van der Waals surface area contributed by atoms with Crippen molar-refractivity contribution in [1.29, 1.82) is 0 Å². The molecule has 2 aromatic rings. The number of hydrogen-bond donors (Lipinski definition) is 1. The molecule has 0 atom stereocenters. The van der Waals surface area contributed by atoms with Crippen LogP contribution in [0.15, 0.2) is 36.4 Å². The molecular formula is C23H29NO5. The van der Waals surface area contributed by atoms with E-state index >= 15 is 0 Å². The number of rotatable bonds is 9. The molecule has 29 heavy (non-hydrogen) atoms. The molecule has 156 valence electrons. The van der Waals surface area contributed by atoms with Crippen LogP contribution in [0.4, 0.5) is 5.69 Å². The zero-order valence-corrected chi connectivity index (χ0v) is 17.3. The van der Waals surface area contributed by atoms with Gasteiger partial charge in [-0.1, -0.05) is 0 Å². The van der Waals surface area contributed by atoms with Crippen LogP contribution in [0.5, 0.6) is 23.0 Å². The monoisotopic (exact) mass is 399 g/mol. The number of amides is 1. The Labute approximate surface area is 172 Å². The minimum Gasteiger partial charge on any atom is -0.497 e. The van der Waals surface area contributed by atoms with E-state index in [2.05, 4.69) is 5.32 Å². The van der Waals surface area contributed by atoms with Gasteiger partial charge < -0.3 is 24.3 Å². The van der Waals surface area contributed by atoms with Crippen LogP contribution in [0.25, 0.3) is 0 Å². The lowest BCUT2D eigenvalue weighted by Gasteiger charge is -2.17. The Bertz CT molecular complexity index is 808. The van der Waals surface area contributed by atoms with Crippen molar-refractivity contribution in [3.05, 3.63) is 42.0 Å². The van der Waals surface area contributed by atoms with Gasteiger partial charge in [0.2, 0.25) is 5.91 Å². The van der Waals surface area contributed by atoms with Crippen LogP contribution in [-0.4, -0.2) is 33.3 Å². The SMILES string of the molecule is COc1cc(CCC(=O)Nc2ccc(OC)c(OC3CCCC3)c2)cc(OC)c1. The minimum absolute atomic E-state index is 0.0660. The van der Waals surface area contributed by atoms with Gasteiger partial charge in [0, 0.05) is 24.2 Å². The summed E-state index contributed by atoms with van der Waals surface area (Å²) in [7, 11) is 4.85. The molecule has 1 aliphatic carbocycles. The van der Waals surface area contributed by atoms with E-state index in [0.29, 0.717) is 41.5 Å². The molecule has 1 N–H and O–H groups in total. The largest absolute Gasteiger partial charge is 0.497 e. The number of aryl methyl sites for hydroxylation is 1. The third-order valence-electron chi connectivity index (χ3n) is 5.10. The molecule has 0 saturated heterocycles. The molecule has 6 heteroatoms. The second-order valence-corrected chi connectivity index (χ2v) is 7.16. The summed E-state index contributed by atoms with van der Waals surface area (Å²) in [5, 5.41) is 2.95. The topological polar surface area (TPSA) is 66.0 Å². The first-order valence-corrected chi connectivity index (χ1v) is 9.97. The Morgan fingerprint density at radius 2 is 1.62 bits per heavy atom. The van der Waals surface area contributed by atoms with Gasteiger partial charge in [-0.15, -0.1) is 0 Å². The van der Waals surface area contributed by atoms with Gasteiger partial charge in [-0.05, 0) is 61.9 Å². The molecule has 0 spiro atoms. The highest BCUT2D eigenvalue weighted by Crippen LogP contribution is 2.34. The van der Waals surface area contributed by atoms with Crippen LogP contribution in [0.1, 0.15) is 37.7 Å². The van der Waals surface area contributed by atoms with Crippen LogP contribution in [0.3, 0.4) is 0 Å². The molecule has 1 fully saturated rings. The van der Waals surface area contributed by atoms with Gasteiger partial charge in [-0.2, -0.15) is 0 Å². The molecule has 1 saturated carbocycles. The standard InChI is InChI=1S/C23H29NO5/c1-26-19-12-16(13-20(15-19)27-2)8-11-23(25)24-17-9-10-21(28-3)22(14-17)29-18-6-4-5-7-18/h9-10,12-15,18H,4-8,11H2,1-3H3,(H,24,25). The zero-order chi connectivity index (χ0) is 20.6. The van der Waals surface area contributed by atoms with E-state index in [1.807, 2.05) is 36.4 Å². The third-order valence-corrected chi connectivity index (χ3v) is 5.10. The zero-order valence-electron chi connectivity index (χ0n) is 17.3. The lowest BCUT2D eigenvalue weighted by Crippen LogP contribution is -2.14. The van der Waals surface area contributed by atoms with Crippen molar-refractivity contribution < 1.29 is 23.7 Å². The summed E-state index contributed by atoms with van der Waals surface area (Å²) in [5.41, 5.74) is 1.68. The average Bonchev–Trinajstić information content (AvgIpc) is 3.25. The van der Waals surface area contributed by atoms with Gasteiger partial charge in [-0.25, -0.2) is 0 Å². The van der Waals surface area contributed by atoms with Crippen molar-refractivity contribution in [2.24, 2.45) is 0 Å². The summed E-state index contributed by atoms with van der Waals surface area (Å²) >= 11 is 0. The molecule has 2 aromatic carbocycles. The molecule has 0 bridgehead atoms. The molecule has 0 unspecified atom stereocenters. The molecule has 1 amide bonds. The van der Waals surface area contributed by atoms with Gasteiger partial charge in [0.1, 0.15) is 11.5 Å². The molecule has 0 radical (unpaired) electrons. The number of ether oxygens (including phenoxy) is 4. The lowest BCUT2D eigenvalue weighted by molar-refractivity contribution is -0.116. The second kappa shape index (κ2) is 10.0. The lowest BCUT2D eigenvalue weighted by atomic mass is 10.1. The molecule has 0 aliphatic heterocycles. The average molecular weight is 399 g/mol. The molecule has 0 heterocycles. The Hall–Kier alpha value is -2.89. The number of anilines is 1. The Kier molecular flexibility index (Phi) is 7.22. The summed E-state index contributed by atoms with van der Waals surface area (Å²) in [4.78, 5) is 12.5. The Morgan fingerprint density at radius 1 is 0.931 bits per heavy atom. The minimum atomic E-state index is -0.0660. The predicted octanol–water partition coefficient (Wildman–Crippen LogP) is 4.61. The molecule has 0 aromatic heterocycles. The first kappa shape index (κ1) is 20.8. The number of methoxy groups -OCH3 is 3. The van der Waals surface area contributed by atoms with Crippen molar-refractivity contribution in [1.82, 2.24) is 0 Å². The fraction of sp³-hybridized carbons (Fsp3) is 0.435. The number of nitrogens with one attached hydrogen (secondary N) is 1. The van der Waals surface area contributed by atoms with Crippen LogP contribution in [0, 0.1) is 0 Å². The summed E-state index contributed by atoms with van der Waals surface area (Å²) < 4.78 is 22.1. The van der Waals surface area contributed by atoms with Crippen LogP contribution in [0.2, 0.25) is 0 Å². The molecule has 3 rings (SSSR count). The van der Waals surface area contributed by atoms with Gasteiger partial charge in [0.25, 0.3) is 0 Å². The fourth-order valence-electron chi connectivity index (χ4n) is 3.52. The third kappa shape index (κ3) is 5.79. The highest BCUT2D eigenvalue weighted by Gasteiger charge is 2.19. The van der Waals surface area contributed by atoms with E-state index in [4.69, 9.17) is 18.9 Å². The van der Waals surface area contributed by atoms with Crippen molar-refractivity contribution in [2.45, 2.75) is 44.6 Å². The quantitative estimate of drug-likeness (QED) is 0.667. The highest BCUT2D eigenvalue weighted by atomic mass is 16.5. The maximum atomic E-state index is 12.5. The van der Waals surface area contributed by atoms with Gasteiger partial charge in [0.15, 0.2) is 11.5 Å². The Balaban J connectivity index is 1.61. The van der Waals surface area contributed by atoms with Crippen molar-refractivity contribution in [2.75, 3.05) is 26.6 Å². The first-order valence-electron chi connectivity index (χ1n) is 9.97. The van der Waals surface area contributed by atoms with E-state index in [1.54, 1.807) is 21.3 Å². The summed E-state index contributed by atoms with van der Waals surface area (Å²) in [5.74, 6) is 2.71. The maximum absolute atomic E-state index is 12.5. The second-order valence-electron chi connectivity index (χ2n) is 7.16. The summed E-state index contributed by atoms with van der Waals surface area (Å²) in [6.07, 6.45) is 5.66. The smallest absolute Gasteiger partial charge is 0.224 e. The number of benzene rings is 2. The fourth-order valence-corrected chi connectivity index (χ4v) is 3.52. The Morgan fingerprint density at radius 3 is 2.24 bits per heavy atom. The van der Waals surface area contributed by atoms with E-state index in [0.717, 1.165) is 18.4 Å². The summed E-state index contributed by atoms with van der Waals surface area (Å²) in [6.45, 7) is 0. The highest BCUT2D eigenvalue weighted by molar-refractivity contribution is 5.91. The van der Waals surface area contributed by atoms with E-state index in [1.165, 1.54) is 12.8 Å². The number of hydrogen-bond acceptors (Lipinski definition) is 5. The normalized spacial score (nSPS) is 13.8. The van der Waals surface area contributed by atoms with Gasteiger partial charge in [0.05, 0.1) is 27.4 Å². The maximum Gasteiger partial charge on any atom is 0.224 e. The molecular weight excluding hydrogens is 370 g/mol. The van der Waals surface area contributed by atoms with Crippen LogP contribution in [-0.2, 0) is 11.2 Å². The predicted molar refractivity (Wildman–Crippen MR) is 112 cm³/mol. The van der Waals surface area contributed by atoms with Crippen LogP contribution < -0.4 is 24.3 Å². The van der Waals surface area contributed by atoms with Gasteiger partial charge in [-0.3, -0.25) is 4.79 Å². The number of carbonyl (C=O) groups excluding carboxylic acids is 1.